The molecule has 1 N–H and O–H groups in total. The molecule has 1 heterocycles. The first kappa shape index (κ1) is 24.5. The third-order valence-corrected chi connectivity index (χ3v) is 6.01. The zero-order valence-corrected chi connectivity index (χ0v) is 20.2. The van der Waals surface area contributed by atoms with E-state index in [1.165, 1.54) is 6.07 Å². The van der Waals surface area contributed by atoms with Crippen LogP contribution in [0.1, 0.15) is 48.7 Å². The van der Waals surface area contributed by atoms with Crippen molar-refractivity contribution in [2.24, 2.45) is 5.92 Å². The van der Waals surface area contributed by atoms with Gasteiger partial charge in [-0.15, -0.1) is 0 Å². The molecule has 9 heteroatoms. The van der Waals surface area contributed by atoms with Gasteiger partial charge in [0, 0.05) is 21.7 Å². The van der Waals surface area contributed by atoms with Gasteiger partial charge in [-0.25, -0.2) is 0 Å². The lowest BCUT2D eigenvalue weighted by Gasteiger charge is -2.19. The van der Waals surface area contributed by atoms with E-state index in [0.717, 1.165) is 0 Å². The molecule has 3 rings (SSSR count). The number of halogens is 2. The van der Waals surface area contributed by atoms with Crippen LogP contribution >= 0.6 is 27.5 Å². The van der Waals surface area contributed by atoms with E-state index in [9.17, 15) is 14.4 Å². The van der Waals surface area contributed by atoms with E-state index in [-0.39, 0.29) is 30.5 Å². The van der Waals surface area contributed by atoms with Gasteiger partial charge >= 0.3 is 13.1 Å². The van der Waals surface area contributed by atoms with Gasteiger partial charge in [0.1, 0.15) is 0 Å². The van der Waals surface area contributed by atoms with Crippen molar-refractivity contribution >= 4 is 52.3 Å². The second-order valence-electron chi connectivity index (χ2n) is 8.17. The van der Waals surface area contributed by atoms with Crippen molar-refractivity contribution in [2.75, 3.05) is 6.54 Å². The molecule has 2 aromatic rings. The SMILES string of the molecule is CC(C)C[C@H](CC(=O)CNC(=O)c1cc(Cl)ccc1Br)B1OC(=O)[C@@H](c2ccccc2)O1. The summed E-state index contributed by atoms with van der Waals surface area (Å²) in [4.78, 5) is 37.5. The summed E-state index contributed by atoms with van der Waals surface area (Å²) < 4.78 is 12.0. The molecule has 0 aliphatic carbocycles. The summed E-state index contributed by atoms with van der Waals surface area (Å²) in [6.45, 7) is 3.91. The molecule has 0 spiro atoms. The van der Waals surface area contributed by atoms with E-state index >= 15 is 0 Å². The Kier molecular flexibility index (Phi) is 8.51. The monoisotopic (exact) mass is 519 g/mol. The lowest BCUT2D eigenvalue weighted by atomic mass is 9.65. The van der Waals surface area contributed by atoms with E-state index in [2.05, 4.69) is 21.2 Å². The van der Waals surface area contributed by atoms with Gasteiger partial charge in [-0.2, -0.15) is 0 Å². The fourth-order valence-corrected chi connectivity index (χ4v) is 4.25. The Morgan fingerprint density at radius 3 is 2.59 bits per heavy atom. The van der Waals surface area contributed by atoms with Crippen molar-refractivity contribution in [1.82, 2.24) is 5.32 Å². The normalized spacial score (nSPS) is 16.7. The minimum atomic E-state index is -0.808. The zero-order chi connectivity index (χ0) is 23.3. The molecule has 1 saturated heterocycles. The Bertz CT molecular complexity index is 988. The number of carbonyl (C=O) groups excluding carboxylic acids is 3. The maximum absolute atomic E-state index is 12.7. The number of benzene rings is 2. The number of rotatable bonds is 9. The molecule has 1 aliphatic heterocycles. The molecule has 6 nitrogen and oxygen atoms in total. The first-order chi connectivity index (χ1) is 15.2. The molecule has 0 bridgehead atoms. The summed E-state index contributed by atoms with van der Waals surface area (Å²) in [6, 6.07) is 14.0. The predicted octanol–water partition coefficient (Wildman–Crippen LogP) is 5.01. The Hall–Kier alpha value is -2.16. The highest BCUT2D eigenvalue weighted by Crippen LogP contribution is 2.35. The Balaban J connectivity index is 1.61. The van der Waals surface area contributed by atoms with Gasteiger partial charge in [-0.05, 0) is 52.0 Å². The van der Waals surface area contributed by atoms with Crippen molar-refractivity contribution in [3.05, 3.63) is 69.2 Å². The molecule has 2 aromatic carbocycles. The summed E-state index contributed by atoms with van der Waals surface area (Å²) >= 11 is 9.27. The first-order valence-electron chi connectivity index (χ1n) is 10.4. The maximum atomic E-state index is 12.7. The predicted molar refractivity (Wildman–Crippen MR) is 126 cm³/mol. The van der Waals surface area contributed by atoms with E-state index in [1.807, 2.05) is 32.0 Å². The van der Waals surface area contributed by atoms with Crippen LogP contribution in [-0.2, 0) is 18.9 Å². The molecule has 0 radical (unpaired) electrons. The quantitative estimate of drug-likeness (QED) is 0.470. The van der Waals surface area contributed by atoms with Crippen molar-refractivity contribution in [1.29, 1.82) is 0 Å². The molecular weight excluding hydrogens is 496 g/mol. The number of amides is 1. The number of carbonyl (C=O) groups is 3. The van der Waals surface area contributed by atoms with Crippen molar-refractivity contribution < 1.29 is 23.7 Å². The van der Waals surface area contributed by atoms with Gasteiger partial charge in [0.25, 0.3) is 5.91 Å². The van der Waals surface area contributed by atoms with Gasteiger partial charge in [0.15, 0.2) is 11.9 Å². The van der Waals surface area contributed by atoms with Crippen LogP contribution in [-0.4, -0.2) is 31.3 Å². The van der Waals surface area contributed by atoms with Crippen LogP contribution in [0.4, 0.5) is 0 Å². The topological polar surface area (TPSA) is 81.7 Å². The van der Waals surface area contributed by atoms with Crippen molar-refractivity contribution in [2.45, 2.75) is 38.6 Å². The van der Waals surface area contributed by atoms with E-state index in [0.29, 0.717) is 27.0 Å². The average Bonchev–Trinajstić information content (AvgIpc) is 3.15. The lowest BCUT2D eigenvalue weighted by Crippen LogP contribution is -2.33. The average molecular weight is 521 g/mol. The number of hydrogen-bond acceptors (Lipinski definition) is 5. The molecule has 1 aliphatic rings. The van der Waals surface area contributed by atoms with Crippen LogP contribution in [0, 0.1) is 5.92 Å². The number of ketones is 1. The summed E-state index contributed by atoms with van der Waals surface area (Å²) in [5.74, 6) is -1.08. The van der Waals surface area contributed by atoms with Gasteiger partial charge in [0.2, 0.25) is 0 Å². The van der Waals surface area contributed by atoms with Gasteiger partial charge in [-0.3, -0.25) is 14.4 Å². The summed E-state index contributed by atoms with van der Waals surface area (Å²) in [5, 5.41) is 3.06. The number of Topliss-reactive ketones (excluding diaryl/α,β-unsaturated/α-hetero) is 1. The van der Waals surface area contributed by atoms with Crippen LogP contribution < -0.4 is 5.32 Å². The van der Waals surface area contributed by atoms with Crippen LogP contribution in [0.15, 0.2) is 53.0 Å². The molecule has 1 amide bonds. The van der Waals surface area contributed by atoms with Crippen LogP contribution in [0.2, 0.25) is 10.8 Å². The summed E-state index contributed by atoms with van der Waals surface area (Å²) in [7, 11) is -0.808. The molecular formula is C23H24BBrClNO5. The second kappa shape index (κ2) is 11.1. The molecule has 32 heavy (non-hydrogen) atoms. The van der Waals surface area contributed by atoms with Gasteiger partial charge < -0.3 is 14.6 Å². The minimum absolute atomic E-state index is 0.120. The molecule has 0 aromatic heterocycles. The van der Waals surface area contributed by atoms with Crippen LogP contribution in [0.25, 0.3) is 0 Å². The highest BCUT2D eigenvalue weighted by Gasteiger charge is 2.46. The second-order valence-corrected chi connectivity index (χ2v) is 9.46. The summed E-state index contributed by atoms with van der Waals surface area (Å²) in [5.41, 5.74) is 1.07. The highest BCUT2D eigenvalue weighted by atomic mass is 79.9. The van der Waals surface area contributed by atoms with E-state index in [4.69, 9.17) is 20.9 Å². The molecule has 0 saturated carbocycles. The van der Waals surface area contributed by atoms with Crippen molar-refractivity contribution in [3.8, 4) is 0 Å². The molecule has 0 unspecified atom stereocenters. The molecule has 168 valence electrons. The summed E-state index contributed by atoms with van der Waals surface area (Å²) in [6.07, 6.45) is -0.0426. The Labute approximate surface area is 201 Å². The Morgan fingerprint density at radius 2 is 1.91 bits per heavy atom. The molecule has 1 fully saturated rings. The van der Waals surface area contributed by atoms with E-state index < -0.39 is 25.1 Å². The fraction of sp³-hybridized carbons (Fsp3) is 0.348. The van der Waals surface area contributed by atoms with Gasteiger partial charge in [-0.1, -0.05) is 55.8 Å². The van der Waals surface area contributed by atoms with Crippen LogP contribution in [0.3, 0.4) is 0 Å². The van der Waals surface area contributed by atoms with Crippen LogP contribution in [0.5, 0.6) is 0 Å². The third-order valence-electron chi connectivity index (χ3n) is 5.09. The van der Waals surface area contributed by atoms with Gasteiger partial charge in [0.05, 0.1) is 12.1 Å². The minimum Gasteiger partial charge on any atom is -0.507 e. The largest absolute Gasteiger partial charge is 0.531 e. The first-order valence-corrected chi connectivity index (χ1v) is 11.6. The standard InChI is InChI=1S/C23H24BBrClNO5/c1-14(2)10-16(24-31-21(23(30)32-24)15-6-4-3-5-7-15)11-18(28)13-27-22(29)19-12-17(26)8-9-20(19)25/h3-9,12,14,16,21H,10-11,13H2,1-2H3,(H,27,29)/t16-,21-/m1/s1. The molecule has 2 atom stereocenters. The maximum Gasteiger partial charge on any atom is 0.531 e. The number of hydrogen-bond donors (Lipinski definition) is 1. The fourth-order valence-electron chi connectivity index (χ4n) is 3.65. The number of nitrogens with one attached hydrogen (secondary N) is 1. The third kappa shape index (κ3) is 6.43. The zero-order valence-electron chi connectivity index (χ0n) is 17.8. The van der Waals surface area contributed by atoms with E-state index in [1.54, 1.807) is 24.3 Å². The Morgan fingerprint density at radius 1 is 1.19 bits per heavy atom. The smallest absolute Gasteiger partial charge is 0.507 e. The highest BCUT2D eigenvalue weighted by molar-refractivity contribution is 9.10. The van der Waals surface area contributed by atoms with Crippen molar-refractivity contribution in [3.63, 3.8) is 0 Å². The lowest BCUT2D eigenvalue weighted by molar-refractivity contribution is -0.136.